The highest BCUT2D eigenvalue weighted by Gasteiger charge is 2.21. The van der Waals surface area contributed by atoms with E-state index in [-0.39, 0.29) is 12.5 Å². The summed E-state index contributed by atoms with van der Waals surface area (Å²) < 4.78 is 13.3. The highest BCUT2D eigenvalue weighted by Crippen LogP contribution is 2.24. The number of amides is 1. The Labute approximate surface area is 86.3 Å². The average Bonchev–Trinajstić information content (AvgIpc) is 2.59. The van der Waals surface area contributed by atoms with Crippen molar-refractivity contribution in [3.05, 3.63) is 35.1 Å². The Bertz CT molecular complexity index is 395. The maximum absolute atomic E-state index is 13.3. The Morgan fingerprint density at radius 2 is 2.33 bits per heavy atom. The lowest BCUT2D eigenvalue weighted by Crippen LogP contribution is -2.33. The van der Waals surface area contributed by atoms with Crippen LogP contribution in [0.4, 0.5) is 9.18 Å². The van der Waals surface area contributed by atoms with Crippen molar-refractivity contribution in [2.24, 2.45) is 0 Å². The minimum atomic E-state index is -1.06. The number of halogens is 1. The summed E-state index contributed by atoms with van der Waals surface area (Å²) in [5.74, 6) is -0.217. The first-order chi connectivity index (χ1) is 7.16. The first kappa shape index (κ1) is 9.92. The second-order valence-corrected chi connectivity index (χ2v) is 3.50. The van der Waals surface area contributed by atoms with E-state index in [2.05, 4.69) is 5.32 Å². The Kier molecular flexibility index (Phi) is 2.55. The number of benzene rings is 1. The van der Waals surface area contributed by atoms with Gasteiger partial charge in [-0.15, -0.1) is 0 Å². The van der Waals surface area contributed by atoms with Crippen molar-refractivity contribution in [2.75, 3.05) is 6.67 Å². The van der Waals surface area contributed by atoms with Crippen LogP contribution in [0, 0.1) is 5.82 Å². The summed E-state index contributed by atoms with van der Waals surface area (Å²) >= 11 is 0. The smallest absolute Gasteiger partial charge is 0.405 e. The summed E-state index contributed by atoms with van der Waals surface area (Å²) in [6.45, 7) is 1.28. The van der Waals surface area contributed by atoms with E-state index in [4.69, 9.17) is 5.11 Å². The molecule has 0 unspecified atom stereocenters. The minimum Gasteiger partial charge on any atom is -0.465 e. The molecule has 1 aliphatic heterocycles. The molecule has 2 N–H and O–H groups in total. The van der Waals surface area contributed by atoms with Crippen LogP contribution in [-0.4, -0.2) is 22.8 Å². The molecule has 15 heavy (non-hydrogen) atoms. The molecule has 2 rings (SSSR count). The van der Waals surface area contributed by atoms with Crippen LogP contribution in [0.2, 0.25) is 0 Å². The van der Waals surface area contributed by atoms with Crippen molar-refractivity contribution in [3.8, 4) is 0 Å². The molecule has 0 fully saturated rings. The van der Waals surface area contributed by atoms with Gasteiger partial charge in [-0.1, -0.05) is 12.1 Å². The quantitative estimate of drug-likeness (QED) is 0.775. The van der Waals surface area contributed by atoms with Gasteiger partial charge in [0.15, 0.2) is 0 Å². The topological polar surface area (TPSA) is 52.6 Å². The Morgan fingerprint density at radius 3 is 3.00 bits per heavy atom. The molecule has 0 bridgehead atoms. The van der Waals surface area contributed by atoms with E-state index >= 15 is 0 Å². The number of hydrogen-bond acceptors (Lipinski definition) is 2. The fourth-order valence-corrected chi connectivity index (χ4v) is 1.74. The molecule has 0 radical (unpaired) electrons. The van der Waals surface area contributed by atoms with E-state index < -0.39 is 6.09 Å². The lowest BCUT2D eigenvalue weighted by molar-refractivity contribution is 0.179. The Morgan fingerprint density at radius 1 is 1.53 bits per heavy atom. The summed E-state index contributed by atoms with van der Waals surface area (Å²) in [7, 11) is 0. The third kappa shape index (κ3) is 2.07. The van der Waals surface area contributed by atoms with Gasteiger partial charge in [-0.2, -0.15) is 0 Å². The van der Waals surface area contributed by atoms with Crippen molar-refractivity contribution >= 4 is 6.09 Å². The largest absolute Gasteiger partial charge is 0.465 e. The van der Waals surface area contributed by atoms with Crippen LogP contribution in [0.3, 0.4) is 0 Å². The fraction of sp³-hybridized carbons (Fsp3) is 0.300. The molecule has 1 aromatic rings. The lowest BCUT2D eigenvalue weighted by Gasteiger charge is -2.13. The number of nitrogens with one attached hydrogen (secondary N) is 1. The van der Waals surface area contributed by atoms with E-state index in [0.717, 1.165) is 5.56 Å². The molecule has 0 saturated heterocycles. The van der Waals surface area contributed by atoms with E-state index in [1.165, 1.54) is 6.07 Å². The number of carboxylic acid groups (broad SMARTS) is 1. The molecule has 1 aromatic carbocycles. The van der Waals surface area contributed by atoms with Crippen LogP contribution in [-0.2, 0) is 13.1 Å². The number of nitrogens with zero attached hydrogens (tertiary/aromatic N) is 1. The molecule has 0 saturated carbocycles. The first-order valence-electron chi connectivity index (χ1n) is 4.62. The predicted molar refractivity (Wildman–Crippen MR) is 51.7 cm³/mol. The lowest BCUT2D eigenvalue weighted by atomic mass is 10.1. The van der Waals surface area contributed by atoms with Gasteiger partial charge in [-0.05, 0) is 11.6 Å². The molecular weight excluding hydrogens is 199 g/mol. The van der Waals surface area contributed by atoms with Gasteiger partial charge in [0.1, 0.15) is 5.82 Å². The number of rotatable bonds is 2. The van der Waals surface area contributed by atoms with Crippen LogP contribution < -0.4 is 5.32 Å². The Hall–Kier alpha value is -1.62. The minimum absolute atomic E-state index is 0.217. The zero-order chi connectivity index (χ0) is 10.8. The zero-order valence-corrected chi connectivity index (χ0v) is 8.03. The zero-order valence-electron chi connectivity index (χ0n) is 8.03. The predicted octanol–water partition coefficient (Wildman–Crippen LogP) is 1.37. The van der Waals surface area contributed by atoms with Crippen LogP contribution in [0.1, 0.15) is 11.1 Å². The second-order valence-electron chi connectivity index (χ2n) is 3.50. The van der Waals surface area contributed by atoms with Gasteiger partial charge in [0, 0.05) is 18.7 Å². The van der Waals surface area contributed by atoms with Crippen LogP contribution in [0.5, 0.6) is 0 Å². The summed E-state index contributed by atoms with van der Waals surface area (Å²) in [5.41, 5.74) is 1.60. The summed E-state index contributed by atoms with van der Waals surface area (Å²) in [6, 6.07) is 4.95. The van der Waals surface area contributed by atoms with Crippen molar-refractivity contribution in [1.29, 1.82) is 0 Å². The van der Waals surface area contributed by atoms with Crippen molar-refractivity contribution in [1.82, 2.24) is 10.2 Å². The molecule has 1 aliphatic rings. The van der Waals surface area contributed by atoms with E-state index in [0.29, 0.717) is 18.7 Å². The normalized spacial score (nSPS) is 15.0. The summed E-state index contributed by atoms with van der Waals surface area (Å²) in [4.78, 5) is 12.1. The van der Waals surface area contributed by atoms with Crippen molar-refractivity contribution in [3.63, 3.8) is 0 Å². The summed E-state index contributed by atoms with van der Waals surface area (Å²) in [6.07, 6.45) is -1.06. The highest BCUT2D eigenvalue weighted by molar-refractivity contribution is 5.64. The maximum Gasteiger partial charge on any atom is 0.405 e. The maximum atomic E-state index is 13.3. The molecule has 0 aliphatic carbocycles. The van der Waals surface area contributed by atoms with Crippen molar-refractivity contribution < 1.29 is 14.3 Å². The van der Waals surface area contributed by atoms with E-state index in [9.17, 15) is 9.18 Å². The second kappa shape index (κ2) is 3.86. The van der Waals surface area contributed by atoms with Crippen molar-refractivity contribution in [2.45, 2.75) is 13.1 Å². The molecule has 1 heterocycles. The molecule has 5 heteroatoms. The molecule has 0 atom stereocenters. The fourth-order valence-electron chi connectivity index (χ4n) is 1.74. The van der Waals surface area contributed by atoms with Gasteiger partial charge in [0.2, 0.25) is 0 Å². The molecule has 4 nitrogen and oxygen atoms in total. The highest BCUT2D eigenvalue weighted by atomic mass is 19.1. The Balaban J connectivity index is 2.03. The number of fused-ring (bicyclic) bond motifs is 1. The first-order valence-corrected chi connectivity index (χ1v) is 4.62. The number of hydrogen-bond donors (Lipinski definition) is 2. The van der Waals surface area contributed by atoms with Gasteiger partial charge < -0.3 is 10.4 Å². The molecule has 80 valence electrons. The summed E-state index contributed by atoms with van der Waals surface area (Å²) in [5, 5.41) is 10.7. The van der Waals surface area contributed by atoms with Crippen LogP contribution >= 0.6 is 0 Å². The van der Waals surface area contributed by atoms with Gasteiger partial charge in [-0.3, -0.25) is 4.90 Å². The van der Waals surface area contributed by atoms with Crippen LogP contribution in [0.25, 0.3) is 0 Å². The molecule has 1 amide bonds. The van der Waals surface area contributed by atoms with E-state index in [1.54, 1.807) is 6.07 Å². The van der Waals surface area contributed by atoms with Crippen LogP contribution in [0.15, 0.2) is 18.2 Å². The van der Waals surface area contributed by atoms with Gasteiger partial charge in [0.05, 0.1) is 6.67 Å². The van der Waals surface area contributed by atoms with E-state index in [1.807, 2.05) is 11.0 Å². The SMILES string of the molecule is O=C(O)NCN1Cc2cccc(F)c2C1. The molecule has 0 aromatic heterocycles. The molecule has 0 spiro atoms. The third-order valence-electron chi connectivity index (χ3n) is 2.45. The number of carbonyl (C=O) groups is 1. The van der Waals surface area contributed by atoms with Gasteiger partial charge in [-0.25, -0.2) is 9.18 Å². The molecular formula is C10H11FN2O2. The monoisotopic (exact) mass is 210 g/mol. The standard InChI is InChI=1S/C10H11FN2O2/c11-9-3-1-2-7-4-13(5-8(7)9)6-12-10(14)15/h1-3,12H,4-6H2,(H,14,15). The third-order valence-corrected chi connectivity index (χ3v) is 2.45. The van der Waals surface area contributed by atoms with Gasteiger partial charge in [0.25, 0.3) is 0 Å². The average molecular weight is 210 g/mol. The van der Waals surface area contributed by atoms with Gasteiger partial charge >= 0.3 is 6.09 Å².